The second kappa shape index (κ2) is 9.39. The lowest BCUT2D eigenvalue weighted by Gasteiger charge is -2.17. The van der Waals surface area contributed by atoms with Gasteiger partial charge < -0.3 is 21.1 Å². The molecule has 0 aliphatic carbocycles. The molecular weight excluding hydrogens is 484 g/mol. The largest absolute Gasteiger partial charge is 0.506 e. The highest BCUT2D eigenvalue weighted by Crippen LogP contribution is 2.34. The van der Waals surface area contributed by atoms with Crippen LogP contribution in [-0.4, -0.2) is 56.3 Å². The third-order valence-corrected chi connectivity index (χ3v) is 7.02. The lowest BCUT2D eigenvalue weighted by molar-refractivity contribution is 0.476. The molecule has 3 heterocycles. The monoisotopic (exact) mass is 508 g/mol. The number of aromatic hydroxyl groups is 1. The molecule has 36 heavy (non-hydrogen) atoms. The van der Waals surface area contributed by atoms with Crippen molar-refractivity contribution in [1.82, 2.24) is 34.9 Å². The number of nitrogens with zero attached hydrogens (tertiary/aromatic N) is 6. The molecule has 0 bridgehead atoms. The Labute approximate surface area is 207 Å². The number of phenolic OH excluding ortho intramolecular Hbond substituents is 1. The number of hydrogen-bond donors (Lipinski definition) is 5. The fourth-order valence-corrected chi connectivity index (χ4v) is 5.21. The molecule has 0 radical (unpaired) electrons. The van der Waals surface area contributed by atoms with Gasteiger partial charge in [0.1, 0.15) is 22.3 Å². The third kappa shape index (κ3) is 4.76. The van der Waals surface area contributed by atoms with Crippen molar-refractivity contribution in [1.29, 1.82) is 0 Å². The molecule has 0 spiro atoms. The summed E-state index contributed by atoms with van der Waals surface area (Å²) in [5, 5.41) is 31.4. The highest BCUT2D eigenvalue weighted by atomic mass is 32.2. The van der Waals surface area contributed by atoms with E-state index in [1.165, 1.54) is 23.3 Å². The van der Waals surface area contributed by atoms with E-state index in [0.717, 1.165) is 5.56 Å². The van der Waals surface area contributed by atoms with Gasteiger partial charge in [-0.1, -0.05) is 12.1 Å². The lowest BCUT2D eigenvalue weighted by Crippen LogP contribution is -2.30. The molecule has 0 fully saturated rings. The Kier molecular flexibility index (Phi) is 6.12. The molecule has 13 nitrogen and oxygen atoms in total. The van der Waals surface area contributed by atoms with Crippen molar-refractivity contribution < 1.29 is 13.5 Å². The third-order valence-electron chi connectivity index (χ3n) is 5.30. The number of hydrogen-bond acceptors (Lipinski definition) is 11. The Morgan fingerprint density at radius 3 is 2.67 bits per heavy atom. The van der Waals surface area contributed by atoms with Crippen LogP contribution >= 0.6 is 0 Å². The first-order valence-corrected chi connectivity index (χ1v) is 12.6. The van der Waals surface area contributed by atoms with Gasteiger partial charge in [0.15, 0.2) is 6.33 Å². The van der Waals surface area contributed by atoms with Gasteiger partial charge in [-0.05, 0) is 49.7 Å². The zero-order chi connectivity index (χ0) is 25.3. The van der Waals surface area contributed by atoms with E-state index < -0.39 is 10.0 Å². The number of rotatable bonds is 8. The van der Waals surface area contributed by atoms with Gasteiger partial charge in [-0.25, -0.2) is 13.1 Å². The van der Waals surface area contributed by atoms with E-state index in [-0.39, 0.29) is 22.6 Å². The summed E-state index contributed by atoms with van der Waals surface area (Å²) in [6.45, 7) is 4.19. The average Bonchev–Trinajstić information content (AvgIpc) is 3.52. The second-order valence-electron chi connectivity index (χ2n) is 8.35. The molecule has 0 amide bonds. The van der Waals surface area contributed by atoms with E-state index >= 15 is 0 Å². The van der Waals surface area contributed by atoms with E-state index in [9.17, 15) is 13.5 Å². The summed E-state index contributed by atoms with van der Waals surface area (Å²) in [4.78, 5) is 10.5. The Balaban J connectivity index is 1.47. The quantitative estimate of drug-likeness (QED) is 0.221. The smallest absolute Gasteiger partial charge is 0.242 e. The van der Waals surface area contributed by atoms with Crippen molar-refractivity contribution in [2.24, 2.45) is 0 Å². The summed E-state index contributed by atoms with van der Waals surface area (Å²) in [7, 11) is -3.75. The molecule has 4 aromatic rings. The summed E-state index contributed by atoms with van der Waals surface area (Å²) in [5.41, 5.74) is 2.12. The Morgan fingerprint density at radius 1 is 1.08 bits per heavy atom. The van der Waals surface area contributed by atoms with Crippen LogP contribution in [0.2, 0.25) is 0 Å². The van der Waals surface area contributed by atoms with Crippen molar-refractivity contribution in [2.45, 2.75) is 31.2 Å². The molecule has 1 aliphatic rings. The second-order valence-corrected chi connectivity index (χ2v) is 10.0. The van der Waals surface area contributed by atoms with Crippen molar-refractivity contribution in [3.63, 3.8) is 0 Å². The Bertz CT molecular complexity index is 1510. The molecule has 1 aliphatic heterocycles. The predicted octanol–water partition coefficient (Wildman–Crippen LogP) is 2.30. The fourth-order valence-electron chi connectivity index (χ4n) is 3.79. The average molecular weight is 509 g/mol. The first kappa shape index (κ1) is 23.4. The number of anilines is 5. The molecule has 14 heteroatoms. The number of fused-ring (bicyclic) bond motifs is 1. The summed E-state index contributed by atoms with van der Waals surface area (Å²) < 4.78 is 28.4. The topological polar surface area (TPSA) is 172 Å². The van der Waals surface area contributed by atoms with Crippen LogP contribution in [0, 0.1) is 0 Å². The summed E-state index contributed by atoms with van der Waals surface area (Å²) in [6, 6.07) is 11.2. The Hall–Kier alpha value is -4.30. The van der Waals surface area contributed by atoms with Gasteiger partial charge in [-0.2, -0.15) is 9.97 Å². The normalized spacial score (nSPS) is 12.9. The maximum Gasteiger partial charge on any atom is 0.242 e. The molecule has 0 atom stereocenters. The maximum absolute atomic E-state index is 12.9. The minimum atomic E-state index is -3.75. The van der Waals surface area contributed by atoms with E-state index in [1.54, 1.807) is 44.2 Å². The number of nitrogens with one attached hydrogen (secondary N) is 4. The number of benzene rings is 2. The van der Waals surface area contributed by atoms with Gasteiger partial charge in [0.25, 0.3) is 0 Å². The number of tetrazole rings is 1. The maximum atomic E-state index is 12.9. The zero-order valence-corrected chi connectivity index (χ0v) is 20.3. The van der Waals surface area contributed by atoms with Crippen molar-refractivity contribution in [2.75, 3.05) is 22.5 Å². The number of sulfonamides is 1. The summed E-state index contributed by atoms with van der Waals surface area (Å²) in [5.74, 6) is 1.24. The number of phenols is 1. The van der Waals surface area contributed by atoms with E-state index in [0.29, 0.717) is 41.7 Å². The van der Waals surface area contributed by atoms with Crippen molar-refractivity contribution in [3.8, 4) is 11.4 Å². The van der Waals surface area contributed by atoms with Crippen LogP contribution < -0.4 is 20.7 Å². The van der Waals surface area contributed by atoms with Crippen LogP contribution in [0.1, 0.15) is 19.4 Å². The molecule has 0 unspecified atom stereocenters. The molecule has 186 valence electrons. The number of para-hydroxylation sites is 1. The van der Waals surface area contributed by atoms with Gasteiger partial charge in [0.2, 0.25) is 16.0 Å². The molecule has 5 rings (SSSR count). The van der Waals surface area contributed by atoms with E-state index in [4.69, 9.17) is 0 Å². The standard InChI is InChI=1S/C22H24N10O3S/c1-13(2)30-36(34,35)19-6-4-3-5-17(19)26-21-15-9-10-23-20(15)28-22(29-21)27-16-8-7-14(11-18(16)33)32-25-12-24-31-32/h3-8,11-13,30,33H,9-10H2,1-2H3,(H3,23,26,27,28,29). The predicted molar refractivity (Wildman–Crippen MR) is 134 cm³/mol. The van der Waals surface area contributed by atoms with Gasteiger partial charge in [0.05, 0.1) is 17.1 Å². The molecule has 0 saturated heterocycles. The van der Waals surface area contributed by atoms with Crippen LogP contribution in [0.3, 0.4) is 0 Å². The van der Waals surface area contributed by atoms with Crippen LogP contribution in [0.4, 0.5) is 29.0 Å². The van der Waals surface area contributed by atoms with Crippen LogP contribution in [-0.2, 0) is 16.4 Å². The van der Waals surface area contributed by atoms with Gasteiger partial charge >= 0.3 is 0 Å². The zero-order valence-electron chi connectivity index (χ0n) is 19.5. The van der Waals surface area contributed by atoms with Crippen LogP contribution in [0.5, 0.6) is 5.75 Å². The minimum absolute atomic E-state index is 0.0624. The Morgan fingerprint density at radius 2 is 1.92 bits per heavy atom. The highest BCUT2D eigenvalue weighted by molar-refractivity contribution is 7.89. The van der Waals surface area contributed by atoms with E-state index in [2.05, 4.69) is 46.1 Å². The van der Waals surface area contributed by atoms with Crippen molar-refractivity contribution in [3.05, 3.63) is 54.4 Å². The molecular formula is C22H24N10O3S. The van der Waals surface area contributed by atoms with Crippen molar-refractivity contribution >= 4 is 39.0 Å². The molecule has 2 aromatic heterocycles. The summed E-state index contributed by atoms with van der Waals surface area (Å²) in [6.07, 6.45) is 1.97. The highest BCUT2D eigenvalue weighted by Gasteiger charge is 2.23. The van der Waals surface area contributed by atoms with Gasteiger partial charge in [0, 0.05) is 24.2 Å². The van der Waals surface area contributed by atoms with E-state index in [1.807, 2.05) is 0 Å². The fraction of sp³-hybridized carbons (Fsp3) is 0.227. The first-order valence-electron chi connectivity index (χ1n) is 11.2. The summed E-state index contributed by atoms with van der Waals surface area (Å²) >= 11 is 0. The SMILES string of the molecule is CC(C)NS(=O)(=O)c1ccccc1Nc1nc(Nc2ccc(-n3ncnn3)cc2O)nc2c1CCN2. The van der Waals surface area contributed by atoms with Crippen LogP contribution in [0.15, 0.2) is 53.7 Å². The molecule has 0 saturated carbocycles. The van der Waals surface area contributed by atoms with Crippen LogP contribution in [0.25, 0.3) is 5.69 Å². The molecule has 5 N–H and O–H groups in total. The minimum Gasteiger partial charge on any atom is -0.506 e. The first-order chi connectivity index (χ1) is 17.3. The molecule has 2 aromatic carbocycles. The lowest BCUT2D eigenvalue weighted by atomic mass is 10.2. The van der Waals surface area contributed by atoms with Gasteiger partial charge in [-0.3, -0.25) is 0 Å². The number of aromatic nitrogens is 6. The van der Waals surface area contributed by atoms with Gasteiger partial charge in [-0.15, -0.1) is 15.0 Å².